The lowest BCUT2D eigenvalue weighted by atomic mass is 9.77. The van der Waals surface area contributed by atoms with Crippen LogP contribution in [0.1, 0.15) is 64.6 Å². The van der Waals surface area contributed by atoms with Gasteiger partial charge in [-0.25, -0.2) is 0 Å². The van der Waals surface area contributed by atoms with Gasteiger partial charge in [0.1, 0.15) is 5.78 Å². The number of rotatable bonds is 5. The van der Waals surface area contributed by atoms with E-state index in [1.54, 1.807) is 0 Å². The third kappa shape index (κ3) is 3.68. The zero-order valence-electron chi connectivity index (χ0n) is 12.4. The standard InChI is InChI=1S/C16H26N2O/c1-4-13-6-5-7-14(10-13)16(19)11-15-8-9-18(17-15)12(2)3/h8-9,12-14H,4-7,10-11H2,1-3H3. The van der Waals surface area contributed by atoms with Crippen molar-refractivity contribution in [1.82, 2.24) is 9.78 Å². The van der Waals surface area contributed by atoms with Crippen molar-refractivity contribution in [3.8, 4) is 0 Å². The van der Waals surface area contributed by atoms with Gasteiger partial charge in [0.25, 0.3) is 0 Å². The van der Waals surface area contributed by atoms with Gasteiger partial charge in [-0.1, -0.05) is 26.2 Å². The zero-order valence-corrected chi connectivity index (χ0v) is 12.4. The van der Waals surface area contributed by atoms with Crippen LogP contribution in [0.4, 0.5) is 0 Å². The molecule has 1 fully saturated rings. The minimum atomic E-state index is 0.280. The molecule has 106 valence electrons. The fourth-order valence-corrected chi connectivity index (χ4v) is 3.04. The highest BCUT2D eigenvalue weighted by Gasteiger charge is 2.26. The zero-order chi connectivity index (χ0) is 13.8. The van der Waals surface area contributed by atoms with Crippen molar-refractivity contribution in [2.75, 3.05) is 0 Å². The number of nitrogens with zero attached hydrogens (tertiary/aromatic N) is 2. The number of carbonyl (C=O) groups is 1. The lowest BCUT2D eigenvalue weighted by Crippen LogP contribution is -2.24. The summed E-state index contributed by atoms with van der Waals surface area (Å²) in [6, 6.07) is 2.35. The molecule has 1 heterocycles. The molecule has 19 heavy (non-hydrogen) atoms. The number of ketones is 1. The largest absolute Gasteiger partial charge is 0.299 e. The Morgan fingerprint density at radius 2 is 2.26 bits per heavy atom. The Labute approximate surface area is 116 Å². The number of aromatic nitrogens is 2. The van der Waals surface area contributed by atoms with Crippen molar-refractivity contribution < 1.29 is 4.79 Å². The maximum atomic E-state index is 12.4. The summed E-state index contributed by atoms with van der Waals surface area (Å²) < 4.78 is 1.93. The molecule has 1 aromatic heterocycles. The van der Waals surface area contributed by atoms with Gasteiger partial charge in [0.15, 0.2) is 0 Å². The number of hydrogen-bond donors (Lipinski definition) is 0. The Morgan fingerprint density at radius 3 is 2.89 bits per heavy atom. The molecule has 0 bridgehead atoms. The molecular weight excluding hydrogens is 236 g/mol. The highest BCUT2D eigenvalue weighted by molar-refractivity contribution is 5.82. The van der Waals surface area contributed by atoms with Gasteiger partial charge in [-0.05, 0) is 38.7 Å². The van der Waals surface area contributed by atoms with Gasteiger partial charge in [-0.2, -0.15) is 5.10 Å². The maximum Gasteiger partial charge on any atom is 0.141 e. The molecule has 0 aliphatic heterocycles. The van der Waals surface area contributed by atoms with E-state index in [2.05, 4.69) is 25.9 Å². The number of Topliss-reactive ketones (excluding diaryl/α,β-unsaturated/α-hetero) is 1. The lowest BCUT2D eigenvalue weighted by Gasteiger charge is -2.27. The van der Waals surface area contributed by atoms with Crippen LogP contribution in [0.25, 0.3) is 0 Å². The van der Waals surface area contributed by atoms with Crippen LogP contribution in [-0.4, -0.2) is 15.6 Å². The highest BCUT2D eigenvalue weighted by Crippen LogP contribution is 2.32. The van der Waals surface area contributed by atoms with Gasteiger partial charge in [-0.3, -0.25) is 9.48 Å². The third-order valence-electron chi connectivity index (χ3n) is 4.36. The Bertz CT molecular complexity index is 422. The molecule has 1 aliphatic rings. The second kappa shape index (κ2) is 6.36. The molecule has 0 radical (unpaired) electrons. The summed E-state index contributed by atoms with van der Waals surface area (Å²) in [7, 11) is 0. The molecule has 2 rings (SSSR count). The lowest BCUT2D eigenvalue weighted by molar-refractivity contribution is -0.123. The highest BCUT2D eigenvalue weighted by atomic mass is 16.1. The average molecular weight is 262 g/mol. The normalized spacial score (nSPS) is 23.8. The van der Waals surface area contributed by atoms with Crippen molar-refractivity contribution in [3.05, 3.63) is 18.0 Å². The first kappa shape index (κ1) is 14.3. The predicted molar refractivity (Wildman–Crippen MR) is 77.1 cm³/mol. The van der Waals surface area contributed by atoms with E-state index in [0.29, 0.717) is 18.2 Å². The summed E-state index contributed by atoms with van der Waals surface area (Å²) in [5.41, 5.74) is 0.928. The quantitative estimate of drug-likeness (QED) is 0.809. The summed E-state index contributed by atoms with van der Waals surface area (Å²) in [5.74, 6) is 1.44. The van der Waals surface area contributed by atoms with Gasteiger partial charge >= 0.3 is 0 Å². The van der Waals surface area contributed by atoms with E-state index in [0.717, 1.165) is 24.5 Å². The molecule has 2 unspecified atom stereocenters. The van der Waals surface area contributed by atoms with Crippen molar-refractivity contribution in [2.45, 2.75) is 65.3 Å². The van der Waals surface area contributed by atoms with Crippen LogP contribution in [0.3, 0.4) is 0 Å². The number of hydrogen-bond acceptors (Lipinski definition) is 2. The van der Waals surface area contributed by atoms with Crippen LogP contribution in [0.2, 0.25) is 0 Å². The summed E-state index contributed by atoms with van der Waals surface area (Å²) in [5, 5.41) is 4.48. The number of carbonyl (C=O) groups excluding carboxylic acids is 1. The molecule has 0 aromatic carbocycles. The van der Waals surface area contributed by atoms with Crippen molar-refractivity contribution in [3.63, 3.8) is 0 Å². The minimum Gasteiger partial charge on any atom is -0.299 e. The molecule has 0 saturated heterocycles. The molecule has 0 spiro atoms. The van der Waals surface area contributed by atoms with E-state index in [9.17, 15) is 4.79 Å². The van der Waals surface area contributed by atoms with Gasteiger partial charge in [0.2, 0.25) is 0 Å². The van der Waals surface area contributed by atoms with Crippen LogP contribution in [0.15, 0.2) is 12.3 Å². The summed E-state index contributed by atoms with van der Waals surface area (Å²) in [6.07, 6.45) is 8.41. The Kier molecular flexibility index (Phi) is 4.78. The first-order chi connectivity index (χ1) is 9.10. The third-order valence-corrected chi connectivity index (χ3v) is 4.36. The summed E-state index contributed by atoms with van der Waals surface area (Å²) in [6.45, 7) is 6.44. The second-order valence-corrected chi connectivity index (χ2v) is 6.16. The van der Waals surface area contributed by atoms with Crippen LogP contribution in [-0.2, 0) is 11.2 Å². The molecule has 1 aliphatic carbocycles. The van der Waals surface area contributed by atoms with E-state index < -0.39 is 0 Å². The predicted octanol–water partition coefficient (Wildman–Crippen LogP) is 3.79. The van der Waals surface area contributed by atoms with Gasteiger partial charge in [0, 0.05) is 18.2 Å². The van der Waals surface area contributed by atoms with Crippen molar-refractivity contribution in [2.24, 2.45) is 11.8 Å². The molecule has 2 atom stereocenters. The second-order valence-electron chi connectivity index (χ2n) is 6.16. The van der Waals surface area contributed by atoms with E-state index in [1.807, 2.05) is 16.9 Å². The Morgan fingerprint density at radius 1 is 1.47 bits per heavy atom. The van der Waals surface area contributed by atoms with Crippen molar-refractivity contribution >= 4 is 5.78 Å². The van der Waals surface area contributed by atoms with Crippen LogP contribution in [0.5, 0.6) is 0 Å². The van der Waals surface area contributed by atoms with E-state index in [4.69, 9.17) is 0 Å². The van der Waals surface area contributed by atoms with Gasteiger partial charge < -0.3 is 0 Å². The van der Waals surface area contributed by atoms with E-state index in [1.165, 1.54) is 19.3 Å². The molecule has 1 aromatic rings. The van der Waals surface area contributed by atoms with Gasteiger partial charge in [-0.15, -0.1) is 0 Å². The average Bonchev–Trinajstić information content (AvgIpc) is 2.87. The molecule has 0 amide bonds. The summed E-state index contributed by atoms with van der Waals surface area (Å²) in [4.78, 5) is 12.4. The topological polar surface area (TPSA) is 34.9 Å². The Hall–Kier alpha value is -1.12. The first-order valence-electron chi connectivity index (χ1n) is 7.66. The smallest absolute Gasteiger partial charge is 0.141 e. The Balaban J connectivity index is 1.92. The molecular formula is C16H26N2O. The van der Waals surface area contributed by atoms with Crippen LogP contribution in [0, 0.1) is 11.8 Å². The fourth-order valence-electron chi connectivity index (χ4n) is 3.04. The summed E-state index contributed by atoms with van der Waals surface area (Å²) >= 11 is 0. The molecule has 3 heteroatoms. The molecule has 3 nitrogen and oxygen atoms in total. The maximum absolute atomic E-state index is 12.4. The monoisotopic (exact) mass is 262 g/mol. The van der Waals surface area contributed by atoms with Crippen molar-refractivity contribution in [1.29, 1.82) is 0 Å². The minimum absolute atomic E-state index is 0.280. The molecule has 0 N–H and O–H groups in total. The van der Waals surface area contributed by atoms with E-state index >= 15 is 0 Å². The fraction of sp³-hybridized carbons (Fsp3) is 0.750. The van der Waals surface area contributed by atoms with E-state index in [-0.39, 0.29) is 5.92 Å². The van der Waals surface area contributed by atoms with Crippen LogP contribution < -0.4 is 0 Å². The first-order valence-corrected chi connectivity index (χ1v) is 7.66. The van der Waals surface area contributed by atoms with Crippen LogP contribution >= 0.6 is 0 Å². The van der Waals surface area contributed by atoms with Gasteiger partial charge in [0.05, 0.1) is 12.1 Å². The molecule has 1 saturated carbocycles. The SMILES string of the molecule is CCC1CCCC(C(=O)Cc2ccn(C(C)C)n2)C1.